The van der Waals surface area contributed by atoms with Crippen LogP contribution in [0, 0.1) is 17.6 Å². The number of aromatic nitrogens is 2. The summed E-state index contributed by atoms with van der Waals surface area (Å²) in [5.74, 6) is -2.89. The summed E-state index contributed by atoms with van der Waals surface area (Å²) in [5.41, 5.74) is 0.507. The van der Waals surface area contributed by atoms with Gasteiger partial charge in [0, 0.05) is 31.8 Å². The Balaban J connectivity index is 1.37. The summed E-state index contributed by atoms with van der Waals surface area (Å²) in [4.78, 5) is 25.9. The summed E-state index contributed by atoms with van der Waals surface area (Å²) in [6.45, 7) is 1.42. The SMILES string of the molecule is O=C(Nc1cnn(CC2CCCO2)c1)C1CC(=O)N(c2ccc(F)cc2F)C1. The highest BCUT2D eigenvalue weighted by Gasteiger charge is 2.36. The van der Waals surface area contributed by atoms with Gasteiger partial charge in [-0.05, 0) is 25.0 Å². The molecule has 2 saturated heterocycles. The van der Waals surface area contributed by atoms with Crippen molar-refractivity contribution in [3.63, 3.8) is 0 Å². The highest BCUT2D eigenvalue weighted by molar-refractivity contribution is 6.03. The molecule has 7 nitrogen and oxygen atoms in total. The van der Waals surface area contributed by atoms with Crippen molar-refractivity contribution < 1.29 is 23.1 Å². The second kappa shape index (κ2) is 7.67. The number of hydrogen-bond donors (Lipinski definition) is 1. The van der Waals surface area contributed by atoms with Crippen LogP contribution in [0.15, 0.2) is 30.6 Å². The third-order valence-corrected chi connectivity index (χ3v) is 5.01. The fourth-order valence-electron chi connectivity index (χ4n) is 3.59. The Morgan fingerprint density at radius 2 is 2.21 bits per heavy atom. The molecule has 148 valence electrons. The Morgan fingerprint density at radius 1 is 1.36 bits per heavy atom. The van der Waals surface area contributed by atoms with Crippen LogP contribution < -0.4 is 10.2 Å². The van der Waals surface area contributed by atoms with Gasteiger partial charge < -0.3 is 15.0 Å². The molecule has 0 radical (unpaired) electrons. The van der Waals surface area contributed by atoms with E-state index < -0.39 is 17.6 Å². The van der Waals surface area contributed by atoms with Gasteiger partial charge in [0.2, 0.25) is 11.8 Å². The fourth-order valence-corrected chi connectivity index (χ4v) is 3.59. The van der Waals surface area contributed by atoms with E-state index in [0.717, 1.165) is 31.6 Å². The maximum absolute atomic E-state index is 14.0. The van der Waals surface area contributed by atoms with Gasteiger partial charge in [-0.1, -0.05) is 0 Å². The molecule has 0 aliphatic carbocycles. The molecule has 2 fully saturated rings. The lowest BCUT2D eigenvalue weighted by Crippen LogP contribution is -2.28. The molecule has 2 amide bonds. The van der Waals surface area contributed by atoms with E-state index in [4.69, 9.17) is 4.74 Å². The summed E-state index contributed by atoms with van der Waals surface area (Å²) in [5, 5.41) is 6.97. The van der Waals surface area contributed by atoms with Crippen LogP contribution in [-0.2, 0) is 20.9 Å². The second-order valence-corrected chi connectivity index (χ2v) is 7.08. The van der Waals surface area contributed by atoms with E-state index in [1.807, 2.05) is 0 Å². The van der Waals surface area contributed by atoms with Crippen molar-refractivity contribution in [1.82, 2.24) is 9.78 Å². The van der Waals surface area contributed by atoms with E-state index in [2.05, 4.69) is 10.4 Å². The highest BCUT2D eigenvalue weighted by Crippen LogP contribution is 2.28. The number of ether oxygens (including phenoxy) is 1. The van der Waals surface area contributed by atoms with Gasteiger partial charge in [-0.2, -0.15) is 5.10 Å². The number of amides is 2. The summed E-state index contributed by atoms with van der Waals surface area (Å²) < 4.78 is 34.3. The van der Waals surface area contributed by atoms with Crippen LogP contribution in [0.3, 0.4) is 0 Å². The molecule has 0 bridgehead atoms. The maximum Gasteiger partial charge on any atom is 0.229 e. The van der Waals surface area contributed by atoms with Gasteiger partial charge >= 0.3 is 0 Å². The maximum atomic E-state index is 14.0. The van der Waals surface area contributed by atoms with Crippen LogP contribution in [-0.4, -0.2) is 40.9 Å². The monoisotopic (exact) mass is 390 g/mol. The minimum atomic E-state index is -0.829. The normalized spacial score (nSPS) is 22.1. The topological polar surface area (TPSA) is 76.5 Å². The highest BCUT2D eigenvalue weighted by atomic mass is 19.1. The smallest absolute Gasteiger partial charge is 0.229 e. The standard InChI is InChI=1S/C19H20F2N4O3/c20-13-3-4-17(16(21)7-13)25-9-12(6-18(25)26)19(27)23-14-8-22-24(10-14)11-15-2-1-5-28-15/h3-4,7-8,10,12,15H,1-2,5-6,9,11H2,(H,23,27). The van der Waals surface area contributed by atoms with Crippen LogP contribution in [0.2, 0.25) is 0 Å². The Bertz CT molecular complexity index is 895. The first-order valence-corrected chi connectivity index (χ1v) is 9.20. The van der Waals surface area contributed by atoms with Crippen molar-refractivity contribution in [2.24, 2.45) is 5.92 Å². The summed E-state index contributed by atoms with van der Waals surface area (Å²) in [6.07, 6.45) is 5.38. The number of halogens is 2. The molecule has 0 spiro atoms. The third kappa shape index (κ3) is 3.89. The minimum absolute atomic E-state index is 0.0221. The second-order valence-electron chi connectivity index (χ2n) is 7.08. The summed E-state index contributed by atoms with van der Waals surface area (Å²) >= 11 is 0. The van der Waals surface area contributed by atoms with Crippen LogP contribution in [0.4, 0.5) is 20.2 Å². The van der Waals surface area contributed by atoms with Gasteiger partial charge in [0.25, 0.3) is 0 Å². The van der Waals surface area contributed by atoms with Crippen LogP contribution in [0.5, 0.6) is 0 Å². The number of carbonyl (C=O) groups excluding carboxylic acids is 2. The molecule has 2 aliphatic rings. The quantitative estimate of drug-likeness (QED) is 0.850. The lowest BCUT2D eigenvalue weighted by molar-refractivity contribution is -0.122. The third-order valence-electron chi connectivity index (χ3n) is 5.01. The Morgan fingerprint density at radius 3 is 2.96 bits per heavy atom. The summed E-state index contributed by atoms with van der Waals surface area (Å²) in [6, 6.07) is 3.01. The lowest BCUT2D eigenvalue weighted by atomic mass is 10.1. The van der Waals surface area contributed by atoms with Crippen LogP contribution >= 0.6 is 0 Å². The van der Waals surface area contributed by atoms with E-state index in [0.29, 0.717) is 12.2 Å². The number of nitrogens with zero attached hydrogens (tertiary/aromatic N) is 3. The average molecular weight is 390 g/mol. The van der Waals surface area contributed by atoms with Crippen molar-refractivity contribution in [3.05, 3.63) is 42.2 Å². The van der Waals surface area contributed by atoms with Crippen molar-refractivity contribution >= 4 is 23.2 Å². The first-order chi connectivity index (χ1) is 13.5. The number of carbonyl (C=O) groups is 2. The lowest BCUT2D eigenvalue weighted by Gasteiger charge is -2.17. The van der Waals surface area contributed by atoms with Gasteiger partial charge in [-0.3, -0.25) is 14.3 Å². The zero-order valence-corrected chi connectivity index (χ0v) is 15.1. The molecule has 4 rings (SSSR count). The number of rotatable bonds is 5. The van der Waals surface area contributed by atoms with E-state index in [-0.39, 0.29) is 36.6 Å². The van der Waals surface area contributed by atoms with Gasteiger partial charge in [0.15, 0.2) is 0 Å². The number of benzene rings is 1. The first-order valence-electron chi connectivity index (χ1n) is 9.20. The van der Waals surface area contributed by atoms with Gasteiger partial charge in [-0.15, -0.1) is 0 Å². The Kier molecular flexibility index (Phi) is 5.08. The van der Waals surface area contributed by atoms with Crippen LogP contribution in [0.1, 0.15) is 19.3 Å². The Labute approximate surface area is 160 Å². The molecular formula is C19H20F2N4O3. The van der Waals surface area contributed by atoms with Gasteiger partial charge in [-0.25, -0.2) is 8.78 Å². The molecule has 1 N–H and O–H groups in total. The van der Waals surface area contributed by atoms with Crippen molar-refractivity contribution in [2.45, 2.75) is 31.9 Å². The first kappa shape index (κ1) is 18.5. The molecule has 28 heavy (non-hydrogen) atoms. The number of nitrogens with one attached hydrogen (secondary N) is 1. The zero-order valence-electron chi connectivity index (χ0n) is 15.1. The molecule has 9 heteroatoms. The van der Waals surface area contributed by atoms with Crippen molar-refractivity contribution in [3.8, 4) is 0 Å². The molecule has 2 atom stereocenters. The van der Waals surface area contributed by atoms with E-state index >= 15 is 0 Å². The molecule has 0 saturated carbocycles. The molecule has 2 aromatic rings. The van der Waals surface area contributed by atoms with Crippen molar-refractivity contribution in [2.75, 3.05) is 23.4 Å². The molecule has 1 aromatic carbocycles. The predicted molar refractivity (Wildman–Crippen MR) is 96.6 cm³/mol. The largest absolute Gasteiger partial charge is 0.376 e. The van der Waals surface area contributed by atoms with Crippen molar-refractivity contribution in [1.29, 1.82) is 0 Å². The molecule has 3 heterocycles. The number of hydrogen-bond acceptors (Lipinski definition) is 4. The fraction of sp³-hybridized carbons (Fsp3) is 0.421. The molecule has 1 aromatic heterocycles. The predicted octanol–water partition coefficient (Wildman–Crippen LogP) is 2.33. The molecular weight excluding hydrogens is 370 g/mol. The zero-order chi connectivity index (χ0) is 19.7. The summed E-state index contributed by atoms with van der Waals surface area (Å²) in [7, 11) is 0. The van der Waals surface area contributed by atoms with Gasteiger partial charge in [0.05, 0.1) is 36.1 Å². The van der Waals surface area contributed by atoms with E-state index in [9.17, 15) is 18.4 Å². The Hall–Kier alpha value is -2.81. The van der Waals surface area contributed by atoms with E-state index in [1.54, 1.807) is 17.1 Å². The molecule has 2 aliphatic heterocycles. The van der Waals surface area contributed by atoms with Gasteiger partial charge in [0.1, 0.15) is 11.6 Å². The van der Waals surface area contributed by atoms with Crippen LogP contribution in [0.25, 0.3) is 0 Å². The minimum Gasteiger partial charge on any atom is -0.376 e. The van der Waals surface area contributed by atoms with E-state index in [1.165, 1.54) is 11.0 Å². The number of anilines is 2. The average Bonchev–Trinajstić information content (AvgIpc) is 3.38. The molecule has 2 unspecified atom stereocenters.